The van der Waals surface area contributed by atoms with Gasteiger partial charge in [-0.15, -0.1) is 0 Å². The van der Waals surface area contributed by atoms with Crippen LogP contribution in [-0.2, 0) is 19.6 Å². The molecule has 2 rings (SSSR count). The van der Waals surface area contributed by atoms with E-state index in [1.54, 1.807) is 0 Å². The molecule has 0 aromatic heterocycles. The molecular formula is C14H25NO5S. The fourth-order valence-corrected chi connectivity index (χ4v) is 5.06. The number of carbonyl (C=O) groups is 1. The quantitative estimate of drug-likeness (QED) is 0.826. The molecule has 0 spiro atoms. The molecule has 122 valence electrons. The summed E-state index contributed by atoms with van der Waals surface area (Å²) in [6.07, 6.45) is 3.66. The average molecular weight is 319 g/mol. The lowest BCUT2D eigenvalue weighted by Gasteiger charge is -2.35. The van der Waals surface area contributed by atoms with Gasteiger partial charge in [-0.3, -0.25) is 4.79 Å². The highest BCUT2D eigenvalue weighted by Crippen LogP contribution is 2.27. The number of nitrogens with zero attached hydrogens (tertiary/aromatic N) is 1. The minimum Gasteiger partial charge on any atom is -0.481 e. The van der Waals surface area contributed by atoms with Crippen molar-refractivity contribution in [2.45, 2.75) is 45.1 Å². The third-order valence-corrected chi connectivity index (χ3v) is 6.63. The van der Waals surface area contributed by atoms with Crippen LogP contribution in [0.3, 0.4) is 0 Å². The standard InChI is InChI=1S/C14H25NO5S/c1-11-2-3-13(14(16)17)10-15(11)21(18,19)9-6-12-4-7-20-8-5-12/h11-13H,2-10H2,1H3,(H,16,17). The lowest BCUT2D eigenvalue weighted by molar-refractivity contribution is -0.143. The van der Waals surface area contributed by atoms with Crippen molar-refractivity contribution in [1.82, 2.24) is 4.31 Å². The highest BCUT2D eigenvalue weighted by Gasteiger charge is 2.36. The van der Waals surface area contributed by atoms with Crippen LogP contribution in [-0.4, -0.2) is 55.4 Å². The summed E-state index contributed by atoms with van der Waals surface area (Å²) >= 11 is 0. The molecule has 0 aliphatic carbocycles. The molecule has 0 radical (unpaired) electrons. The molecule has 7 heteroatoms. The second kappa shape index (κ2) is 7.07. The average Bonchev–Trinajstić information content (AvgIpc) is 2.46. The predicted octanol–water partition coefficient (Wildman–Crippen LogP) is 1.32. The van der Waals surface area contributed by atoms with Crippen molar-refractivity contribution in [3.05, 3.63) is 0 Å². The molecule has 2 aliphatic heterocycles. The molecule has 2 aliphatic rings. The zero-order valence-corrected chi connectivity index (χ0v) is 13.3. The first-order valence-corrected chi connectivity index (χ1v) is 9.31. The first-order valence-electron chi connectivity index (χ1n) is 7.70. The van der Waals surface area contributed by atoms with Gasteiger partial charge >= 0.3 is 5.97 Å². The Balaban J connectivity index is 1.94. The molecule has 2 unspecified atom stereocenters. The van der Waals surface area contributed by atoms with Gasteiger partial charge in [-0.2, -0.15) is 4.31 Å². The number of carboxylic acid groups (broad SMARTS) is 1. The van der Waals surface area contributed by atoms with E-state index in [1.165, 1.54) is 4.31 Å². The normalized spacial score (nSPS) is 29.4. The number of carboxylic acids is 1. The van der Waals surface area contributed by atoms with Crippen LogP contribution in [0.4, 0.5) is 0 Å². The lowest BCUT2D eigenvalue weighted by Crippen LogP contribution is -2.48. The SMILES string of the molecule is CC1CCC(C(=O)O)CN1S(=O)(=O)CCC1CCOCC1. The van der Waals surface area contributed by atoms with Crippen molar-refractivity contribution in [2.75, 3.05) is 25.5 Å². The van der Waals surface area contributed by atoms with E-state index in [0.717, 1.165) is 12.8 Å². The van der Waals surface area contributed by atoms with E-state index in [2.05, 4.69) is 0 Å². The Morgan fingerprint density at radius 1 is 1.24 bits per heavy atom. The molecule has 0 bridgehead atoms. The number of ether oxygens (including phenoxy) is 1. The molecule has 2 heterocycles. The van der Waals surface area contributed by atoms with E-state index in [-0.39, 0.29) is 18.3 Å². The molecule has 0 aromatic rings. The van der Waals surface area contributed by atoms with Crippen molar-refractivity contribution in [1.29, 1.82) is 0 Å². The van der Waals surface area contributed by atoms with Crippen LogP contribution in [0.1, 0.15) is 39.0 Å². The van der Waals surface area contributed by atoms with Gasteiger partial charge in [-0.25, -0.2) is 8.42 Å². The van der Waals surface area contributed by atoms with E-state index >= 15 is 0 Å². The Bertz CT molecular complexity index is 458. The summed E-state index contributed by atoms with van der Waals surface area (Å²) < 4.78 is 31.7. The largest absolute Gasteiger partial charge is 0.481 e. The first kappa shape index (κ1) is 16.7. The van der Waals surface area contributed by atoms with E-state index in [4.69, 9.17) is 9.84 Å². The smallest absolute Gasteiger partial charge is 0.307 e. The van der Waals surface area contributed by atoms with Gasteiger partial charge in [0.05, 0.1) is 11.7 Å². The number of hydrogen-bond acceptors (Lipinski definition) is 4. The van der Waals surface area contributed by atoms with Crippen LogP contribution < -0.4 is 0 Å². The second-order valence-electron chi connectivity index (χ2n) is 6.19. The molecule has 2 fully saturated rings. The van der Waals surface area contributed by atoms with Crippen LogP contribution in [0.15, 0.2) is 0 Å². The van der Waals surface area contributed by atoms with Gasteiger partial charge in [0.2, 0.25) is 10.0 Å². The Labute approximate surface area is 126 Å². The zero-order chi connectivity index (χ0) is 15.5. The van der Waals surface area contributed by atoms with Gasteiger partial charge in [0.25, 0.3) is 0 Å². The van der Waals surface area contributed by atoms with E-state index in [1.807, 2.05) is 6.92 Å². The molecule has 6 nitrogen and oxygen atoms in total. The first-order chi connectivity index (χ1) is 9.90. The maximum absolute atomic E-state index is 12.5. The van der Waals surface area contributed by atoms with Crippen LogP contribution in [0.2, 0.25) is 0 Å². The zero-order valence-electron chi connectivity index (χ0n) is 12.5. The van der Waals surface area contributed by atoms with Crippen LogP contribution >= 0.6 is 0 Å². The molecule has 0 amide bonds. The second-order valence-corrected chi connectivity index (χ2v) is 8.23. The van der Waals surface area contributed by atoms with Crippen molar-refractivity contribution in [3.63, 3.8) is 0 Å². The summed E-state index contributed by atoms with van der Waals surface area (Å²) in [6.45, 7) is 3.41. The summed E-state index contributed by atoms with van der Waals surface area (Å²) in [5.41, 5.74) is 0. The Morgan fingerprint density at radius 3 is 2.52 bits per heavy atom. The lowest BCUT2D eigenvalue weighted by atomic mass is 9.96. The Morgan fingerprint density at radius 2 is 1.90 bits per heavy atom. The highest BCUT2D eigenvalue weighted by atomic mass is 32.2. The van der Waals surface area contributed by atoms with Gasteiger partial charge in [-0.1, -0.05) is 0 Å². The number of sulfonamides is 1. The third-order valence-electron chi connectivity index (χ3n) is 4.66. The van der Waals surface area contributed by atoms with Crippen LogP contribution in [0, 0.1) is 11.8 Å². The molecular weight excluding hydrogens is 294 g/mol. The highest BCUT2D eigenvalue weighted by molar-refractivity contribution is 7.89. The summed E-state index contributed by atoms with van der Waals surface area (Å²) in [4.78, 5) is 11.1. The molecule has 0 saturated carbocycles. The molecule has 0 aromatic carbocycles. The van der Waals surface area contributed by atoms with Crippen LogP contribution in [0.25, 0.3) is 0 Å². The summed E-state index contributed by atoms with van der Waals surface area (Å²) in [7, 11) is -3.37. The minimum absolute atomic E-state index is 0.0970. The molecule has 1 N–H and O–H groups in total. The van der Waals surface area contributed by atoms with Crippen molar-refractivity contribution in [2.24, 2.45) is 11.8 Å². The summed E-state index contributed by atoms with van der Waals surface area (Å²) in [6, 6.07) is -0.0970. The number of aliphatic carboxylic acids is 1. The van der Waals surface area contributed by atoms with E-state index in [0.29, 0.717) is 38.4 Å². The number of rotatable bonds is 5. The Kier molecular flexibility index (Phi) is 5.62. The van der Waals surface area contributed by atoms with Crippen molar-refractivity contribution < 1.29 is 23.1 Å². The minimum atomic E-state index is -3.37. The predicted molar refractivity (Wildman–Crippen MR) is 78.5 cm³/mol. The fraction of sp³-hybridized carbons (Fsp3) is 0.929. The third kappa shape index (κ3) is 4.40. The van der Waals surface area contributed by atoms with Gasteiger partial charge in [0, 0.05) is 25.8 Å². The monoisotopic (exact) mass is 319 g/mol. The number of hydrogen-bond donors (Lipinski definition) is 1. The maximum Gasteiger partial charge on any atom is 0.307 e. The fourth-order valence-electron chi connectivity index (χ4n) is 3.13. The van der Waals surface area contributed by atoms with Gasteiger partial charge in [-0.05, 0) is 44.9 Å². The molecule has 2 saturated heterocycles. The van der Waals surface area contributed by atoms with E-state index in [9.17, 15) is 13.2 Å². The molecule has 2 atom stereocenters. The summed E-state index contributed by atoms with van der Waals surface area (Å²) in [5, 5.41) is 9.11. The van der Waals surface area contributed by atoms with E-state index < -0.39 is 21.9 Å². The van der Waals surface area contributed by atoms with Gasteiger partial charge in [0.15, 0.2) is 0 Å². The topological polar surface area (TPSA) is 83.9 Å². The van der Waals surface area contributed by atoms with Gasteiger partial charge < -0.3 is 9.84 Å². The molecule has 21 heavy (non-hydrogen) atoms. The Hall–Kier alpha value is -0.660. The van der Waals surface area contributed by atoms with Crippen LogP contribution in [0.5, 0.6) is 0 Å². The van der Waals surface area contributed by atoms with Crippen molar-refractivity contribution in [3.8, 4) is 0 Å². The maximum atomic E-state index is 12.5. The number of piperidine rings is 1. The van der Waals surface area contributed by atoms with Crippen molar-refractivity contribution >= 4 is 16.0 Å². The van der Waals surface area contributed by atoms with Gasteiger partial charge in [0.1, 0.15) is 0 Å². The summed E-state index contributed by atoms with van der Waals surface area (Å²) in [5.74, 6) is -0.941.